The molecule has 0 aliphatic heterocycles. The number of benzene rings is 1. The zero-order valence-corrected chi connectivity index (χ0v) is 13.1. The Morgan fingerprint density at radius 2 is 2.10 bits per heavy atom. The molecule has 0 aromatic heterocycles. The van der Waals surface area contributed by atoms with Crippen LogP contribution >= 0.6 is 0 Å². The van der Waals surface area contributed by atoms with Crippen LogP contribution in [0.1, 0.15) is 32.8 Å². The summed E-state index contributed by atoms with van der Waals surface area (Å²) in [7, 11) is 1.61. The van der Waals surface area contributed by atoms with Gasteiger partial charge in [-0.3, -0.25) is 4.79 Å². The summed E-state index contributed by atoms with van der Waals surface area (Å²) >= 11 is 0. The van der Waals surface area contributed by atoms with Gasteiger partial charge in [0.25, 0.3) is 0 Å². The van der Waals surface area contributed by atoms with E-state index in [0.29, 0.717) is 13.0 Å². The molecule has 112 valence electrons. The van der Waals surface area contributed by atoms with E-state index in [1.807, 2.05) is 45.0 Å². The van der Waals surface area contributed by atoms with Crippen LogP contribution in [-0.4, -0.2) is 30.5 Å². The molecule has 1 aromatic carbocycles. The van der Waals surface area contributed by atoms with Crippen molar-refractivity contribution in [2.45, 2.75) is 33.2 Å². The largest absolute Gasteiger partial charge is 0.496 e. The predicted octanol–water partition coefficient (Wildman–Crippen LogP) is 3.25. The fourth-order valence-corrected chi connectivity index (χ4v) is 2.11. The second kappa shape index (κ2) is 8.11. The zero-order valence-electron chi connectivity index (χ0n) is 13.1. The maximum absolute atomic E-state index is 12.4. The molecule has 21 heavy (non-hydrogen) atoms. The van der Waals surface area contributed by atoms with E-state index in [-0.39, 0.29) is 11.9 Å². The van der Waals surface area contributed by atoms with E-state index >= 15 is 0 Å². The third-order valence-corrected chi connectivity index (χ3v) is 3.24. The molecule has 1 rings (SSSR count). The van der Waals surface area contributed by atoms with Crippen LogP contribution in [0.2, 0.25) is 0 Å². The third kappa shape index (κ3) is 4.64. The molecule has 1 amide bonds. The van der Waals surface area contributed by atoms with Gasteiger partial charge in [0.15, 0.2) is 0 Å². The number of carbonyl (C=O) groups excluding carboxylic acids is 1. The summed E-state index contributed by atoms with van der Waals surface area (Å²) in [5.41, 5.74) is 1.75. The van der Waals surface area contributed by atoms with Gasteiger partial charge in [-0.05, 0) is 32.4 Å². The molecule has 0 aliphatic rings. The lowest BCUT2D eigenvalue weighted by Gasteiger charge is -2.24. The number of nitriles is 1. The maximum atomic E-state index is 12.4. The standard InChI is InChI=1S/C17H22N2O2/c1-13(2)19(11-7-10-18)17(20)12-14(3)15-8-5-6-9-16(15)21-4/h5-6,8-9,12-13H,7,11H2,1-4H3/b14-12+. The number of rotatable bonds is 6. The zero-order chi connectivity index (χ0) is 15.8. The van der Waals surface area contributed by atoms with Crippen molar-refractivity contribution in [1.82, 2.24) is 4.90 Å². The van der Waals surface area contributed by atoms with Crippen molar-refractivity contribution in [3.05, 3.63) is 35.9 Å². The number of ether oxygens (including phenoxy) is 1. The molecular formula is C17H22N2O2. The molecule has 0 aliphatic carbocycles. The predicted molar refractivity (Wildman–Crippen MR) is 83.7 cm³/mol. The quantitative estimate of drug-likeness (QED) is 0.754. The molecule has 4 nitrogen and oxygen atoms in total. The first-order valence-electron chi connectivity index (χ1n) is 7.00. The molecule has 4 heteroatoms. The number of amides is 1. The Kier molecular flexibility index (Phi) is 6.48. The Morgan fingerprint density at radius 3 is 2.67 bits per heavy atom. The van der Waals surface area contributed by atoms with Crippen molar-refractivity contribution >= 4 is 11.5 Å². The molecule has 0 saturated heterocycles. The number of hydrogen-bond acceptors (Lipinski definition) is 3. The smallest absolute Gasteiger partial charge is 0.247 e. The molecule has 0 fully saturated rings. The van der Waals surface area contributed by atoms with Crippen LogP contribution in [0.5, 0.6) is 5.75 Å². The highest BCUT2D eigenvalue weighted by molar-refractivity contribution is 5.95. The van der Waals surface area contributed by atoms with Crippen LogP contribution in [0, 0.1) is 11.3 Å². The Bertz CT molecular complexity index is 556. The van der Waals surface area contributed by atoms with Gasteiger partial charge in [-0.15, -0.1) is 0 Å². The summed E-state index contributed by atoms with van der Waals surface area (Å²) < 4.78 is 5.31. The van der Waals surface area contributed by atoms with Crippen LogP contribution in [0.25, 0.3) is 5.57 Å². The maximum Gasteiger partial charge on any atom is 0.247 e. The van der Waals surface area contributed by atoms with E-state index in [1.165, 1.54) is 0 Å². The van der Waals surface area contributed by atoms with Crippen molar-refractivity contribution in [2.75, 3.05) is 13.7 Å². The van der Waals surface area contributed by atoms with Gasteiger partial charge in [0.2, 0.25) is 5.91 Å². The first-order valence-corrected chi connectivity index (χ1v) is 7.00. The van der Waals surface area contributed by atoms with Gasteiger partial charge in [0, 0.05) is 24.2 Å². The highest BCUT2D eigenvalue weighted by atomic mass is 16.5. The Labute approximate surface area is 126 Å². The van der Waals surface area contributed by atoms with Crippen LogP contribution in [0.15, 0.2) is 30.3 Å². The minimum Gasteiger partial charge on any atom is -0.496 e. The molecule has 0 radical (unpaired) electrons. The minimum atomic E-state index is -0.0799. The third-order valence-electron chi connectivity index (χ3n) is 3.24. The van der Waals surface area contributed by atoms with Crippen LogP contribution in [-0.2, 0) is 4.79 Å². The van der Waals surface area contributed by atoms with Gasteiger partial charge in [0.05, 0.1) is 19.6 Å². The molecule has 1 aromatic rings. The second-order valence-electron chi connectivity index (χ2n) is 5.06. The Balaban J connectivity index is 2.99. The van der Waals surface area contributed by atoms with Gasteiger partial charge in [-0.2, -0.15) is 5.26 Å². The van der Waals surface area contributed by atoms with E-state index in [9.17, 15) is 4.79 Å². The van der Waals surface area contributed by atoms with Gasteiger partial charge in [0.1, 0.15) is 5.75 Å². The highest BCUT2D eigenvalue weighted by Gasteiger charge is 2.15. The molecule has 0 spiro atoms. The number of hydrogen-bond donors (Lipinski definition) is 0. The van der Waals surface area contributed by atoms with Crippen molar-refractivity contribution in [3.8, 4) is 11.8 Å². The average Bonchev–Trinajstić information content (AvgIpc) is 2.47. The Hall–Kier alpha value is -2.28. The summed E-state index contributed by atoms with van der Waals surface area (Å²) in [6, 6.07) is 9.74. The molecule has 0 N–H and O–H groups in total. The van der Waals surface area contributed by atoms with E-state index in [1.54, 1.807) is 18.1 Å². The highest BCUT2D eigenvalue weighted by Crippen LogP contribution is 2.25. The summed E-state index contributed by atoms with van der Waals surface area (Å²) in [5, 5.41) is 8.69. The number of methoxy groups -OCH3 is 1. The molecule has 0 unspecified atom stereocenters. The average molecular weight is 286 g/mol. The molecule has 0 bridgehead atoms. The number of para-hydroxylation sites is 1. The van der Waals surface area contributed by atoms with Gasteiger partial charge >= 0.3 is 0 Å². The van der Waals surface area contributed by atoms with Crippen molar-refractivity contribution < 1.29 is 9.53 Å². The lowest BCUT2D eigenvalue weighted by Crippen LogP contribution is -2.36. The summed E-state index contributed by atoms with van der Waals surface area (Å²) in [5.74, 6) is 0.663. The Morgan fingerprint density at radius 1 is 1.43 bits per heavy atom. The van der Waals surface area contributed by atoms with E-state index in [0.717, 1.165) is 16.9 Å². The number of nitrogens with zero attached hydrogens (tertiary/aromatic N) is 2. The topological polar surface area (TPSA) is 53.3 Å². The fourth-order valence-electron chi connectivity index (χ4n) is 2.11. The normalized spacial score (nSPS) is 11.1. The molecular weight excluding hydrogens is 264 g/mol. The van der Waals surface area contributed by atoms with Gasteiger partial charge in [-0.25, -0.2) is 0 Å². The van der Waals surface area contributed by atoms with Crippen molar-refractivity contribution in [1.29, 1.82) is 5.26 Å². The van der Waals surface area contributed by atoms with E-state index in [2.05, 4.69) is 6.07 Å². The van der Waals surface area contributed by atoms with E-state index < -0.39 is 0 Å². The SMILES string of the molecule is COc1ccccc1/C(C)=C/C(=O)N(CCC#N)C(C)C. The first kappa shape index (κ1) is 16.8. The van der Waals surface area contributed by atoms with Crippen LogP contribution in [0.3, 0.4) is 0 Å². The van der Waals surface area contributed by atoms with E-state index in [4.69, 9.17) is 10.00 Å². The first-order chi connectivity index (χ1) is 10.0. The lowest BCUT2D eigenvalue weighted by atomic mass is 10.1. The minimum absolute atomic E-state index is 0.0626. The summed E-state index contributed by atoms with van der Waals surface area (Å²) in [6.45, 7) is 6.23. The van der Waals surface area contributed by atoms with Crippen LogP contribution < -0.4 is 4.74 Å². The lowest BCUT2D eigenvalue weighted by molar-refractivity contribution is -0.127. The summed E-state index contributed by atoms with van der Waals surface area (Å²) in [4.78, 5) is 14.1. The number of carbonyl (C=O) groups is 1. The van der Waals surface area contributed by atoms with Crippen molar-refractivity contribution in [2.24, 2.45) is 0 Å². The monoisotopic (exact) mass is 286 g/mol. The summed E-state index contributed by atoms with van der Waals surface area (Å²) in [6.07, 6.45) is 1.95. The van der Waals surface area contributed by atoms with Gasteiger partial charge in [-0.1, -0.05) is 18.2 Å². The number of allylic oxidation sites excluding steroid dienone is 1. The second-order valence-corrected chi connectivity index (χ2v) is 5.06. The van der Waals surface area contributed by atoms with Crippen molar-refractivity contribution in [3.63, 3.8) is 0 Å². The molecule has 0 saturated carbocycles. The van der Waals surface area contributed by atoms with Crippen LogP contribution in [0.4, 0.5) is 0 Å². The molecule has 0 atom stereocenters. The fraction of sp³-hybridized carbons (Fsp3) is 0.412. The molecule has 0 heterocycles. The van der Waals surface area contributed by atoms with Gasteiger partial charge < -0.3 is 9.64 Å².